The fourth-order valence-electron chi connectivity index (χ4n) is 6.56. The molecule has 0 amide bonds. The summed E-state index contributed by atoms with van der Waals surface area (Å²) in [4.78, 5) is 7.30. The first-order valence-electron chi connectivity index (χ1n) is 12.2. The lowest BCUT2D eigenvalue weighted by molar-refractivity contribution is -0.106. The molecule has 7 rings (SSSR count). The number of pyridine rings is 1. The van der Waals surface area contributed by atoms with Gasteiger partial charge in [0.15, 0.2) is 11.5 Å². The van der Waals surface area contributed by atoms with Crippen LogP contribution >= 0.6 is 0 Å². The Morgan fingerprint density at radius 2 is 2.09 bits per heavy atom. The minimum atomic E-state index is -0.714. The summed E-state index contributed by atoms with van der Waals surface area (Å²) >= 11 is 0. The molecular weight excluding hydrogens is 430 g/mol. The van der Waals surface area contributed by atoms with Crippen molar-refractivity contribution in [2.45, 2.75) is 56.4 Å². The number of nitrogens with one attached hydrogen (secondary N) is 1. The molecule has 2 aromatic heterocycles. The van der Waals surface area contributed by atoms with Gasteiger partial charge >= 0.3 is 0 Å². The number of hydrogen-bond acceptors (Lipinski definition) is 7. The Bertz CT molecular complexity index is 1230. The number of anilines is 1. The van der Waals surface area contributed by atoms with Gasteiger partial charge in [-0.15, -0.1) is 5.10 Å². The summed E-state index contributed by atoms with van der Waals surface area (Å²) in [5.41, 5.74) is 3.37. The normalized spacial score (nSPS) is 33.4. The van der Waals surface area contributed by atoms with E-state index in [2.05, 4.69) is 66.7 Å². The number of aryl methyl sites for hydroxylation is 1. The molecule has 1 aliphatic carbocycles. The van der Waals surface area contributed by atoms with Gasteiger partial charge in [0.25, 0.3) is 0 Å². The number of hydrogen-bond donors (Lipinski definition) is 3. The summed E-state index contributed by atoms with van der Waals surface area (Å²) in [7, 11) is 0. The van der Waals surface area contributed by atoms with Crippen LogP contribution in [0.4, 0.5) is 5.69 Å². The number of aliphatic hydroxyl groups is 2. The molecule has 3 saturated heterocycles. The van der Waals surface area contributed by atoms with E-state index in [1.807, 2.05) is 4.52 Å². The summed E-state index contributed by atoms with van der Waals surface area (Å²) in [6, 6.07) is 13.0. The molecule has 180 valence electrons. The summed E-state index contributed by atoms with van der Waals surface area (Å²) in [5, 5.41) is 28.1. The van der Waals surface area contributed by atoms with Crippen molar-refractivity contribution in [3.8, 4) is 0 Å². The predicted octanol–water partition coefficient (Wildman–Crippen LogP) is 2.11. The third-order valence-electron chi connectivity index (χ3n) is 8.36. The van der Waals surface area contributed by atoms with E-state index in [0.29, 0.717) is 18.9 Å². The van der Waals surface area contributed by atoms with Gasteiger partial charge in [-0.2, -0.15) is 0 Å². The van der Waals surface area contributed by atoms with Crippen LogP contribution < -0.4 is 10.2 Å². The number of benzene rings is 1. The molecule has 4 fully saturated rings. The van der Waals surface area contributed by atoms with Crippen LogP contribution in [0.15, 0.2) is 42.6 Å². The van der Waals surface area contributed by atoms with Gasteiger partial charge in [-0.05, 0) is 37.5 Å². The molecule has 3 aromatic rings. The highest BCUT2D eigenvalue weighted by atomic mass is 16.5. The third kappa shape index (κ3) is 3.05. The average molecular weight is 464 g/mol. The van der Waals surface area contributed by atoms with Gasteiger partial charge < -0.3 is 19.8 Å². The minimum absolute atomic E-state index is 0.0502. The van der Waals surface area contributed by atoms with E-state index in [9.17, 15) is 10.2 Å². The van der Waals surface area contributed by atoms with Crippen molar-refractivity contribution >= 4 is 11.3 Å². The zero-order valence-corrected chi connectivity index (χ0v) is 20.0. The maximum atomic E-state index is 10.2. The maximum absolute atomic E-state index is 10.2. The van der Waals surface area contributed by atoms with Crippen LogP contribution in [-0.4, -0.2) is 62.9 Å². The van der Waals surface area contributed by atoms with Gasteiger partial charge in [0.2, 0.25) is 0 Å². The lowest BCUT2D eigenvalue weighted by Gasteiger charge is -2.51. The Morgan fingerprint density at radius 1 is 1.29 bits per heavy atom. The second kappa shape index (κ2) is 7.49. The summed E-state index contributed by atoms with van der Waals surface area (Å²) in [5.74, 6) is 0.416. The van der Waals surface area contributed by atoms with Crippen molar-refractivity contribution in [3.05, 3.63) is 59.5 Å². The quantitative estimate of drug-likeness (QED) is 0.482. The van der Waals surface area contributed by atoms with E-state index < -0.39 is 17.4 Å². The number of nitrogens with zero attached hydrogens (tertiary/aromatic N) is 4. The summed E-state index contributed by atoms with van der Waals surface area (Å²) < 4.78 is 8.07. The summed E-state index contributed by atoms with van der Waals surface area (Å²) in [6.07, 6.45) is 3.13. The number of aliphatic hydroxyl groups excluding tert-OH is 2. The molecule has 0 radical (unpaired) electrons. The first kappa shape index (κ1) is 22.0. The average Bonchev–Trinajstić information content (AvgIpc) is 3.55. The Labute approximate surface area is 199 Å². The Morgan fingerprint density at radius 3 is 2.82 bits per heavy atom. The molecule has 3 N–H and O–H groups in total. The Hall–Kier alpha value is -2.52. The van der Waals surface area contributed by atoms with Crippen LogP contribution in [0.25, 0.3) is 5.65 Å². The lowest BCUT2D eigenvalue weighted by Crippen LogP contribution is -2.68. The number of ether oxygens (including phenoxy) is 1. The molecule has 0 spiro atoms. The van der Waals surface area contributed by atoms with Crippen LogP contribution in [0.1, 0.15) is 43.6 Å². The van der Waals surface area contributed by atoms with Crippen molar-refractivity contribution in [2.75, 3.05) is 31.2 Å². The second-order valence-corrected chi connectivity index (χ2v) is 10.7. The molecule has 1 unspecified atom stereocenters. The molecule has 8 heteroatoms. The molecule has 1 aromatic carbocycles. The highest BCUT2D eigenvalue weighted by Crippen LogP contribution is 2.61. The van der Waals surface area contributed by atoms with Crippen molar-refractivity contribution in [1.29, 1.82) is 0 Å². The first-order valence-corrected chi connectivity index (χ1v) is 12.2. The molecule has 1 saturated carbocycles. The number of rotatable bonds is 6. The van der Waals surface area contributed by atoms with E-state index >= 15 is 0 Å². The van der Waals surface area contributed by atoms with Gasteiger partial charge in [0.05, 0.1) is 30.6 Å². The first-order chi connectivity index (χ1) is 16.3. The zero-order chi connectivity index (χ0) is 23.7. The fraction of sp³-hybridized carbons (Fsp3) is 0.538. The zero-order valence-electron chi connectivity index (χ0n) is 20.0. The van der Waals surface area contributed by atoms with E-state index in [-0.39, 0.29) is 17.9 Å². The van der Waals surface area contributed by atoms with Crippen molar-refractivity contribution in [2.24, 2.45) is 5.92 Å². The standard InChI is InChI=1S/C26H33N5O3/c1-17-11-20(30-10-9-24(3,15-30)19-7-5-4-6-8-19)12-31-22(17)27-23(29-31)26-14-25(16-34-26,21(26)13-32)28-18(2)33/h4-8,11-12,18,21,28,32-33H,9-10,13-16H2,1-3H3/t18?,21-,24+,25-,26+/m1/s1. The Kier molecular flexibility index (Phi) is 4.84. The van der Waals surface area contributed by atoms with Crippen molar-refractivity contribution in [1.82, 2.24) is 19.9 Å². The van der Waals surface area contributed by atoms with E-state index in [4.69, 9.17) is 14.8 Å². The minimum Gasteiger partial charge on any atom is -0.396 e. The molecule has 2 bridgehead atoms. The smallest absolute Gasteiger partial charge is 0.184 e. The van der Waals surface area contributed by atoms with Crippen LogP contribution in [0.2, 0.25) is 0 Å². The van der Waals surface area contributed by atoms with Gasteiger partial charge in [-0.25, -0.2) is 9.50 Å². The SMILES string of the molecule is Cc1cc(N2CC[C@](C)(c3ccccc3)C2)cn2nc([C@@]34C[C@@](NC(C)O)(CO3)[C@H]4CO)nc12. The van der Waals surface area contributed by atoms with Crippen LogP contribution in [0.5, 0.6) is 0 Å². The maximum Gasteiger partial charge on any atom is 0.184 e. The Balaban J connectivity index is 1.30. The summed E-state index contributed by atoms with van der Waals surface area (Å²) in [6.45, 7) is 8.43. The van der Waals surface area contributed by atoms with Crippen molar-refractivity contribution < 1.29 is 14.9 Å². The molecule has 34 heavy (non-hydrogen) atoms. The molecule has 8 nitrogen and oxygen atoms in total. The van der Waals surface area contributed by atoms with Gasteiger partial charge in [0.1, 0.15) is 11.8 Å². The van der Waals surface area contributed by atoms with Crippen LogP contribution in [0.3, 0.4) is 0 Å². The van der Waals surface area contributed by atoms with Crippen molar-refractivity contribution in [3.63, 3.8) is 0 Å². The fourth-order valence-corrected chi connectivity index (χ4v) is 6.56. The third-order valence-corrected chi connectivity index (χ3v) is 8.36. The highest BCUT2D eigenvalue weighted by Gasteiger charge is 2.72. The van der Waals surface area contributed by atoms with E-state index in [0.717, 1.165) is 36.4 Å². The number of fused-ring (bicyclic) bond motifs is 2. The van der Waals surface area contributed by atoms with Gasteiger partial charge in [-0.3, -0.25) is 5.32 Å². The molecular formula is C26H33N5O3. The topological polar surface area (TPSA) is 95.2 Å². The van der Waals surface area contributed by atoms with Crippen LogP contribution in [-0.2, 0) is 15.8 Å². The predicted molar refractivity (Wildman–Crippen MR) is 129 cm³/mol. The van der Waals surface area contributed by atoms with E-state index in [1.165, 1.54) is 5.56 Å². The molecule has 4 aliphatic rings. The van der Waals surface area contributed by atoms with Crippen LogP contribution in [0, 0.1) is 12.8 Å². The molecule has 3 aliphatic heterocycles. The van der Waals surface area contributed by atoms with Gasteiger partial charge in [-0.1, -0.05) is 37.3 Å². The lowest BCUT2D eigenvalue weighted by atomic mass is 9.58. The second-order valence-electron chi connectivity index (χ2n) is 10.7. The molecule has 5 atom stereocenters. The molecule has 5 heterocycles. The monoisotopic (exact) mass is 463 g/mol. The number of aromatic nitrogens is 3. The van der Waals surface area contributed by atoms with E-state index in [1.54, 1.807) is 6.92 Å². The van der Waals surface area contributed by atoms with Gasteiger partial charge in [0, 0.05) is 30.8 Å². The highest BCUT2D eigenvalue weighted by molar-refractivity contribution is 5.58. The largest absolute Gasteiger partial charge is 0.396 e.